The van der Waals surface area contributed by atoms with Crippen LogP contribution < -0.4 is 5.32 Å². The molecule has 3 aliphatic heterocycles. The van der Waals surface area contributed by atoms with Crippen LogP contribution in [0, 0.1) is 5.92 Å². The molecule has 0 saturated carbocycles. The smallest absolute Gasteiger partial charge is 0.0939 e. The molecule has 0 aromatic carbocycles. The van der Waals surface area contributed by atoms with Gasteiger partial charge in [0.15, 0.2) is 0 Å². The summed E-state index contributed by atoms with van der Waals surface area (Å²) in [7, 11) is 0. The molecule has 3 fully saturated rings. The molecule has 5 heteroatoms. The van der Waals surface area contributed by atoms with Crippen molar-refractivity contribution in [1.82, 2.24) is 5.32 Å². The van der Waals surface area contributed by atoms with Gasteiger partial charge in [0.05, 0.1) is 24.9 Å². The topological polar surface area (TPSA) is 39.7 Å². The van der Waals surface area contributed by atoms with Crippen LogP contribution in [0.5, 0.6) is 0 Å². The van der Waals surface area contributed by atoms with Gasteiger partial charge in [0.25, 0.3) is 0 Å². The van der Waals surface area contributed by atoms with Crippen molar-refractivity contribution in [3.63, 3.8) is 0 Å². The number of hydrogen-bond donors (Lipinski definition) is 1. The van der Waals surface area contributed by atoms with Crippen molar-refractivity contribution in [2.24, 2.45) is 5.92 Å². The van der Waals surface area contributed by atoms with E-state index in [2.05, 4.69) is 12.2 Å². The van der Waals surface area contributed by atoms with Gasteiger partial charge < -0.3 is 19.5 Å². The third kappa shape index (κ3) is 3.33. The van der Waals surface area contributed by atoms with Crippen LogP contribution >= 0.6 is 11.8 Å². The minimum absolute atomic E-state index is 0.00159. The summed E-state index contributed by atoms with van der Waals surface area (Å²) in [4.78, 5) is 0. The van der Waals surface area contributed by atoms with E-state index in [1.165, 1.54) is 0 Å². The summed E-state index contributed by atoms with van der Waals surface area (Å²) in [6.45, 7) is 6.61. The predicted molar refractivity (Wildman–Crippen MR) is 81.4 cm³/mol. The molecule has 0 radical (unpaired) electrons. The SMILES string of the molecule is CCNC(C1CCOC2(CCOC2)C1)C1CSCCO1. The highest BCUT2D eigenvalue weighted by molar-refractivity contribution is 7.99. The van der Waals surface area contributed by atoms with E-state index in [4.69, 9.17) is 14.2 Å². The highest BCUT2D eigenvalue weighted by atomic mass is 32.2. The minimum Gasteiger partial charge on any atom is -0.378 e. The molecular formula is C15H27NO3S. The maximum absolute atomic E-state index is 6.07. The van der Waals surface area contributed by atoms with Gasteiger partial charge in [-0.25, -0.2) is 0 Å². The Morgan fingerprint density at radius 2 is 2.30 bits per heavy atom. The number of hydrogen-bond acceptors (Lipinski definition) is 5. The molecule has 3 rings (SSSR count). The Balaban J connectivity index is 1.66. The second kappa shape index (κ2) is 6.97. The second-order valence-electron chi connectivity index (χ2n) is 6.15. The molecule has 4 unspecified atom stereocenters. The molecule has 0 aromatic rings. The lowest BCUT2D eigenvalue weighted by atomic mass is 9.79. The first kappa shape index (κ1) is 15.1. The van der Waals surface area contributed by atoms with Crippen LogP contribution in [0.3, 0.4) is 0 Å². The lowest BCUT2D eigenvalue weighted by Crippen LogP contribution is -2.54. The van der Waals surface area contributed by atoms with Crippen molar-refractivity contribution in [1.29, 1.82) is 0 Å². The molecule has 1 spiro atoms. The molecule has 116 valence electrons. The van der Waals surface area contributed by atoms with Crippen molar-refractivity contribution in [3.8, 4) is 0 Å². The molecule has 1 N–H and O–H groups in total. The predicted octanol–water partition coefficient (Wildman–Crippen LogP) is 1.68. The molecular weight excluding hydrogens is 274 g/mol. The summed E-state index contributed by atoms with van der Waals surface area (Å²) in [5.74, 6) is 2.91. The van der Waals surface area contributed by atoms with Crippen LogP contribution in [0.15, 0.2) is 0 Å². The number of ether oxygens (including phenoxy) is 3. The number of rotatable bonds is 4. The summed E-state index contributed by atoms with van der Waals surface area (Å²) < 4.78 is 17.7. The Labute approximate surface area is 126 Å². The van der Waals surface area contributed by atoms with Gasteiger partial charge >= 0.3 is 0 Å². The Hall–Kier alpha value is 0.190. The van der Waals surface area contributed by atoms with Gasteiger partial charge in [0, 0.05) is 37.2 Å². The minimum atomic E-state index is -0.00159. The molecule has 3 heterocycles. The van der Waals surface area contributed by atoms with Gasteiger partial charge in [-0.1, -0.05) is 6.92 Å². The van der Waals surface area contributed by atoms with Crippen molar-refractivity contribution < 1.29 is 14.2 Å². The maximum Gasteiger partial charge on any atom is 0.0939 e. The van der Waals surface area contributed by atoms with Crippen molar-refractivity contribution >= 4 is 11.8 Å². The zero-order valence-electron chi connectivity index (χ0n) is 12.4. The molecule has 4 atom stereocenters. The summed E-state index contributed by atoms with van der Waals surface area (Å²) in [6, 6.07) is 0.467. The normalized spacial score (nSPS) is 40.0. The van der Waals surface area contributed by atoms with Crippen LogP contribution in [0.2, 0.25) is 0 Å². The van der Waals surface area contributed by atoms with Gasteiger partial charge in [-0.15, -0.1) is 0 Å². The molecule has 4 nitrogen and oxygen atoms in total. The van der Waals surface area contributed by atoms with Crippen LogP contribution in [-0.4, -0.2) is 62.2 Å². The second-order valence-corrected chi connectivity index (χ2v) is 7.30. The largest absolute Gasteiger partial charge is 0.378 e. The van der Waals surface area contributed by atoms with Crippen LogP contribution in [0.4, 0.5) is 0 Å². The highest BCUT2D eigenvalue weighted by Crippen LogP contribution is 2.38. The van der Waals surface area contributed by atoms with Crippen molar-refractivity contribution in [2.45, 2.75) is 43.9 Å². The summed E-state index contributed by atoms with van der Waals surface area (Å²) in [5, 5.41) is 3.69. The zero-order valence-corrected chi connectivity index (χ0v) is 13.3. The number of thioether (sulfide) groups is 1. The monoisotopic (exact) mass is 301 g/mol. The molecule has 0 bridgehead atoms. The molecule has 3 aliphatic rings. The van der Waals surface area contributed by atoms with Crippen molar-refractivity contribution in [2.75, 3.05) is 44.5 Å². The summed E-state index contributed by atoms with van der Waals surface area (Å²) >= 11 is 2.02. The molecule has 3 saturated heterocycles. The number of nitrogens with one attached hydrogen (secondary N) is 1. The summed E-state index contributed by atoms with van der Waals surface area (Å²) in [5.41, 5.74) is -0.00159. The fraction of sp³-hybridized carbons (Fsp3) is 1.00. The van der Waals surface area contributed by atoms with Crippen molar-refractivity contribution in [3.05, 3.63) is 0 Å². The Bertz CT molecular complexity index is 303. The first-order valence-electron chi connectivity index (χ1n) is 7.97. The van der Waals surface area contributed by atoms with Gasteiger partial charge in [-0.05, 0) is 25.3 Å². The fourth-order valence-electron chi connectivity index (χ4n) is 3.79. The Kier molecular flexibility index (Phi) is 5.26. The van der Waals surface area contributed by atoms with E-state index < -0.39 is 0 Å². The molecule has 0 aromatic heterocycles. The van der Waals surface area contributed by atoms with E-state index >= 15 is 0 Å². The van der Waals surface area contributed by atoms with Crippen LogP contribution in [0.25, 0.3) is 0 Å². The lowest BCUT2D eigenvalue weighted by molar-refractivity contribution is -0.111. The Morgan fingerprint density at radius 1 is 1.35 bits per heavy atom. The zero-order chi connectivity index (χ0) is 13.8. The average Bonchev–Trinajstić information content (AvgIpc) is 2.93. The van der Waals surface area contributed by atoms with Gasteiger partial charge in [0.2, 0.25) is 0 Å². The average molecular weight is 301 g/mol. The van der Waals surface area contributed by atoms with E-state index in [9.17, 15) is 0 Å². The van der Waals surface area contributed by atoms with Gasteiger partial charge in [-0.2, -0.15) is 11.8 Å². The first-order valence-corrected chi connectivity index (χ1v) is 9.13. The highest BCUT2D eigenvalue weighted by Gasteiger charge is 2.44. The van der Waals surface area contributed by atoms with Gasteiger partial charge in [0.1, 0.15) is 0 Å². The first-order chi connectivity index (χ1) is 9.83. The quantitative estimate of drug-likeness (QED) is 0.855. The van der Waals surface area contributed by atoms with E-state index in [1.807, 2.05) is 11.8 Å². The van der Waals surface area contributed by atoms with E-state index in [-0.39, 0.29) is 5.60 Å². The molecule has 0 amide bonds. The fourth-order valence-corrected chi connectivity index (χ4v) is 4.70. The summed E-state index contributed by atoms with van der Waals surface area (Å²) in [6.07, 6.45) is 3.68. The third-order valence-corrected chi connectivity index (χ3v) is 5.81. The Morgan fingerprint density at radius 3 is 3.00 bits per heavy atom. The standard InChI is InChI=1S/C15H27NO3S/c1-2-16-14(13-10-20-8-7-18-13)12-3-5-19-15(9-12)4-6-17-11-15/h12-14,16H,2-11H2,1H3. The van der Waals surface area contributed by atoms with E-state index in [0.717, 1.165) is 63.7 Å². The number of likely N-dealkylation sites (N-methyl/N-ethyl adjacent to an activating group) is 1. The van der Waals surface area contributed by atoms with Gasteiger partial charge in [-0.3, -0.25) is 0 Å². The molecule has 20 heavy (non-hydrogen) atoms. The maximum atomic E-state index is 6.07. The lowest BCUT2D eigenvalue weighted by Gasteiger charge is -2.43. The van der Waals surface area contributed by atoms with Crippen LogP contribution in [-0.2, 0) is 14.2 Å². The van der Waals surface area contributed by atoms with E-state index in [1.54, 1.807) is 0 Å². The molecule has 0 aliphatic carbocycles. The van der Waals surface area contributed by atoms with E-state index in [0.29, 0.717) is 18.1 Å². The third-order valence-electron chi connectivity index (χ3n) is 4.79. The van der Waals surface area contributed by atoms with Crippen LogP contribution in [0.1, 0.15) is 26.2 Å².